The Morgan fingerprint density at radius 1 is 2.00 bits per heavy atom. The highest BCUT2D eigenvalue weighted by Gasteiger charge is 1.71. The monoisotopic (exact) mass is 173 g/mol. The van der Waals surface area contributed by atoms with Crippen molar-refractivity contribution in [3.63, 3.8) is 0 Å². The highest BCUT2D eigenvalue weighted by molar-refractivity contribution is 14.1. The van der Waals surface area contributed by atoms with Crippen LogP contribution in [-0.2, 0) is 0 Å². The minimum Gasteiger partial charge on any atom is -0.370 e. The van der Waals surface area contributed by atoms with E-state index in [1.807, 2.05) is 0 Å². The maximum Gasteiger partial charge on any atom is 0.155 e. The third-order valence-electron chi connectivity index (χ3n) is 0. The highest BCUT2D eigenvalue weighted by Crippen LogP contribution is 1.77. The van der Waals surface area contributed by atoms with Crippen molar-refractivity contribution in [2.45, 2.75) is 4.23 Å². The van der Waals surface area contributed by atoms with E-state index in [4.69, 9.17) is 5.11 Å². The van der Waals surface area contributed by atoms with Gasteiger partial charge >= 0.3 is 0 Å². The molecular formula is CH4INO. The number of aliphatic hydroxyl groups excluding tert-OH is 1. The van der Waals surface area contributed by atoms with Crippen molar-refractivity contribution >= 4 is 22.6 Å². The lowest BCUT2D eigenvalue weighted by Gasteiger charge is -1.79. The van der Waals surface area contributed by atoms with Crippen LogP contribution in [0.15, 0.2) is 0 Å². The molecule has 0 heterocycles. The van der Waals surface area contributed by atoms with E-state index in [1.54, 1.807) is 22.6 Å². The van der Waals surface area contributed by atoms with Crippen molar-refractivity contribution in [2.24, 2.45) is 5.73 Å². The van der Waals surface area contributed by atoms with Gasteiger partial charge in [0, 0.05) is 0 Å². The summed E-state index contributed by atoms with van der Waals surface area (Å²) < 4.78 is -0.697. The maximum atomic E-state index is 7.82. The second kappa shape index (κ2) is 1.92. The summed E-state index contributed by atoms with van der Waals surface area (Å²) in [6.45, 7) is 0. The second-order valence-electron chi connectivity index (χ2n) is 0.373. The fraction of sp³-hybridized carbons (Fsp3) is 1.00. The lowest BCUT2D eigenvalue weighted by molar-refractivity contribution is 0.288. The van der Waals surface area contributed by atoms with Crippen LogP contribution < -0.4 is 5.73 Å². The second-order valence-corrected chi connectivity index (χ2v) is 1.65. The van der Waals surface area contributed by atoms with Crippen LogP contribution in [0.1, 0.15) is 0 Å². The first-order valence-electron chi connectivity index (χ1n) is 0.810. The molecule has 1 atom stereocenters. The summed E-state index contributed by atoms with van der Waals surface area (Å²) in [5.41, 5.74) is 4.65. The number of hydrogen-bond acceptors (Lipinski definition) is 2. The summed E-state index contributed by atoms with van der Waals surface area (Å²) in [6, 6.07) is 0. The van der Waals surface area contributed by atoms with E-state index in [9.17, 15) is 0 Å². The van der Waals surface area contributed by atoms with E-state index in [2.05, 4.69) is 5.73 Å². The number of nitrogens with two attached hydrogens (primary N) is 1. The molecule has 4 heavy (non-hydrogen) atoms. The van der Waals surface area contributed by atoms with Gasteiger partial charge in [-0.05, 0) is 22.6 Å². The van der Waals surface area contributed by atoms with Gasteiger partial charge in [-0.3, -0.25) is 5.73 Å². The molecule has 0 aliphatic rings. The number of alkyl halides is 1. The average molecular weight is 173 g/mol. The fourth-order valence-electron chi connectivity index (χ4n) is 0. The van der Waals surface area contributed by atoms with Crippen LogP contribution >= 0.6 is 22.6 Å². The molecule has 0 aliphatic heterocycles. The van der Waals surface area contributed by atoms with E-state index in [-0.39, 0.29) is 0 Å². The Morgan fingerprint density at radius 2 is 2.00 bits per heavy atom. The molecule has 3 N–H and O–H groups in total. The van der Waals surface area contributed by atoms with Gasteiger partial charge in [-0.15, -0.1) is 0 Å². The van der Waals surface area contributed by atoms with Crippen molar-refractivity contribution in [2.75, 3.05) is 0 Å². The molecule has 0 amide bonds. The minimum absolute atomic E-state index is 0.697. The Labute approximate surface area is 38.1 Å². The molecule has 0 bridgehead atoms. The predicted molar refractivity (Wildman–Crippen MR) is 24.2 cm³/mol. The number of hydrogen-bond donors (Lipinski definition) is 2. The normalized spacial score (nSPS) is 15.8. The van der Waals surface area contributed by atoms with Crippen molar-refractivity contribution in [1.29, 1.82) is 0 Å². The molecule has 0 saturated heterocycles. The number of halogens is 1. The maximum absolute atomic E-state index is 7.82. The predicted octanol–water partition coefficient (Wildman–Crippen LogP) is -0.344. The van der Waals surface area contributed by atoms with E-state index >= 15 is 0 Å². The summed E-state index contributed by atoms with van der Waals surface area (Å²) in [5.74, 6) is 0. The third-order valence-corrected chi connectivity index (χ3v) is 0. The first-order chi connectivity index (χ1) is 1.73. The molecule has 0 aliphatic carbocycles. The molecule has 0 fully saturated rings. The van der Waals surface area contributed by atoms with Crippen molar-refractivity contribution in [1.82, 2.24) is 0 Å². The molecule has 1 unspecified atom stereocenters. The van der Waals surface area contributed by atoms with Gasteiger partial charge in [-0.25, -0.2) is 0 Å². The van der Waals surface area contributed by atoms with Crippen LogP contribution in [0, 0.1) is 0 Å². The van der Waals surface area contributed by atoms with Gasteiger partial charge in [0.2, 0.25) is 0 Å². The van der Waals surface area contributed by atoms with Crippen LogP contribution in [0.2, 0.25) is 0 Å². The molecular weight excluding hydrogens is 169 g/mol. The van der Waals surface area contributed by atoms with E-state index in [0.717, 1.165) is 0 Å². The topological polar surface area (TPSA) is 46.2 Å². The fourth-order valence-corrected chi connectivity index (χ4v) is 0. The zero-order valence-corrected chi connectivity index (χ0v) is 4.14. The Balaban J connectivity index is 2.32. The molecule has 0 rings (SSSR count). The van der Waals surface area contributed by atoms with Gasteiger partial charge in [0.25, 0.3) is 0 Å². The van der Waals surface area contributed by atoms with Gasteiger partial charge in [0.1, 0.15) is 0 Å². The molecule has 0 aromatic rings. The van der Waals surface area contributed by atoms with E-state index < -0.39 is 4.23 Å². The summed E-state index contributed by atoms with van der Waals surface area (Å²) in [6.07, 6.45) is 0. The zero-order chi connectivity index (χ0) is 3.58. The van der Waals surface area contributed by atoms with Crippen LogP contribution in [0.4, 0.5) is 0 Å². The summed E-state index contributed by atoms with van der Waals surface area (Å²) in [7, 11) is 0. The average Bonchev–Trinajstić information content (AvgIpc) is 0.811. The highest BCUT2D eigenvalue weighted by atomic mass is 127. The molecule has 0 saturated carbocycles. The van der Waals surface area contributed by atoms with Crippen LogP contribution in [0.3, 0.4) is 0 Å². The van der Waals surface area contributed by atoms with E-state index in [1.165, 1.54) is 0 Å². The van der Waals surface area contributed by atoms with Crippen molar-refractivity contribution < 1.29 is 5.11 Å². The molecule has 0 aromatic carbocycles. The minimum atomic E-state index is -0.697. The van der Waals surface area contributed by atoms with Gasteiger partial charge in [-0.1, -0.05) is 0 Å². The van der Waals surface area contributed by atoms with Crippen LogP contribution in [-0.4, -0.2) is 9.34 Å². The van der Waals surface area contributed by atoms with Crippen LogP contribution in [0.5, 0.6) is 0 Å². The molecule has 2 nitrogen and oxygen atoms in total. The Morgan fingerprint density at radius 3 is 2.00 bits per heavy atom. The Hall–Kier alpha value is 0.650. The van der Waals surface area contributed by atoms with Crippen molar-refractivity contribution in [3.8, 4) is 0 Å². The summed E-state index contributed by atoms with van der Waals surface area (Å²) in [5, 5.41) is 7.82. The summed E-state index contributed by atoms with van der Waals surface area (Å²) in [4.78, 5) is 0. The molecule has 0 aromatic heterocycles. The molecule has 0 spiro atoms. The van der Waals surface area contributed by atoms with Gasteiger partial charge < -0.3 is 5.11 Å². The van der Waals surface area contributed by atoms with Gasteiger partial charge in [-0.2, -0.15) is 0 Å². The third kappa shape index (κ3) is 17.1. The largest absolute Gasteiger partial charge is 0.370 e. The lowest BCUT2D eigenvalue weighted by atomic mass is 11.4. The summed E-state index contributed by atoms with van der Waals surface area (Å²) >= 11 is 1.68. The number of rotatable bonds is 0. The molecule has 3 heteroatoms. The Kier molecular flexibility index (Phi) is 2.24. The number of aliphatic hydroxyl groups is 1. The molecule has 26 valence electrons. The standard InChI is InChI=1S/CH4INO/c2-1(3)4/h1,4H,3H2. The molecule has 0 radical (unpaired) electrons. The van der Waals surface area contributed by atoms with Crippen LogP contribution in [0.25, 0.3) is 0 Å². The lowest BCUT2D eigenvalue weighted by Crippen LogP contribution is -2.06. The van der Waals surface area contributed by atoms with E-state index in [0.29, 0.717) is 0 Å². The first kappa shape index (κ1) is 4.65. The van der Waals surface area contributed by atoms with Gasteiger partial charge in [0.15, 0.2) is 4.23 Å². The van der Waals surface area contributed by atoms with Gasteiger partial charge in [0.05, 0.1) is 0 Å². The quantitative estimate of drug-likeness (QED) is 0.227. The van der Waals surface area contributed by atoms with Crippen molar-refractivity contribution in [3.05, 3.63) is 0 Å². The first-order valence-corrected chi connectivity index (χ1v) is 2.06. The Bertz CT molecular complexity index is 12.8. The smallest absolute Gasteiger partial charge is 0.155 e. The zero-order valence-electron chi connectivity index (χ0n) is 1.98. The SMILES string of the molecule is NC(O)I.